The van der Waals surface area contributed by atoms with Crippen molar-refractivity contribution in [3.05, 3.63) is 0 Å². The fourth-order valence-corrected chi connectivity index (χ4v) is 3.38. The lowest BCUT2D eigenvalue weighted by Crippen LogP contribution is -2.40. The van der Waals surface area contributed by atoms with Gasteiger partial charge in [0.2, 0.25) is 0 Å². The topological polar surface area (TPSA) is 99.7 Å². The predicted molar refractivity (Wildman–Crippen MR) is 118 cm³/mol. The van der Waals surface area contributed by atoms with Gasteiger partial charge in [0.25, 0.3) is 0 Å². The number of aliphatic hydroxyl groups excluding tert-OH is 1. The van der Waals surface area contributed by atoms with Gasteiger partial charge in [-0.25, -0.2) is 9.59 Å². The van der Waals surface area contributed by atoms with Crippen molar-refractivity contribution in [2.24, 2.45) is 17.3 Å². The quantitative estimate of drug-likeness (QED) is 0.324. The number of amides is 3. The van der Waals surface area contributed by atoms with E-state index in [1.54, 1.807) is 6.92 Å². The number of rotatable bonds is 15. The number of hydrogen-bond acceptors (Lipinski definition) is 4. The Morgan fingerprint density at radius 2 is 1.72 bits per heavy atom. The van der Waals surface area contributed by atoms with Gasteiger partial charge < -0.3 is 25.8 Å². The molecule has 0 rings (SSSR count). The number of aliphatic hydroxyl groups is 1. The zero-order valence-electron chi connectivity index (χ0n) is 19.5. The Morgan fingerprint density at radius 1 is 1.07 bits per heavy atom. The van der Waals surface area contributed by atoms with E-state index in [4.69, 9.17) is 9.84 Å². The molecule has 0 aliphatic carbocycles. The SMILES string of the molecule is CCCCC(CC)CNC(=O)NCC(C)CC(C)(C)CCNC(=O)OCC(C)O. The summed E-state index contributed by atoms with van der Waals surface area (Å²) in [6.45, 7) is 14.3. The van der Waals surface area contributed by atoms with E-state index >= 15 is 0 Å². The molecule has 172 valence electrons. The molecule has 3 atom stereocenters. The van der Waals surface area contributed by atoms with Crippen molar-refractivity contribution < 1.29 is 19.4 Å². The molecular weight excluding hydrogens is 370 g/mol. The van der Waals surface area contributed by atoms with Crippen LogP contribution in [-0.2, 0) is 4.74 Å². The smallest absolute Gasteiger partial charge is 0.407 e. The molecule has 3 unspecified atom stereocenters. The Kier molecular flexibility index (Phi) is 14.6. The van der Waals surface area contributed by atoms with Crippen molar-refractivity contribution in [3.63, 3.8) is 0 Å². The van der Waals surface area contributed by atoms with Crippen LogP contribution in [-0.4, -0.2) is 49.6 Å². The summed E-state index contributed by atoms with van der Waals surface area (Å²) >= 11 is 0. The molecule has 0 aromatic carbocycles. The molecule has 29 heavy (non-hydrogen) atoms. The van der Waals surface area contributed by atoms with Crippen LogP contribution in [0.1, 0.15) is 80.1 Å². The van der Waals surface area contributed by atoms with Crippen molar-refractivity contribution in [3.8, 4) is 0 Å². The number of nitrogens with one attached hydrogen (secondary N) is 3. The molecular formula is C22H45N3O4. The standard InChI is InChI=1S/C22H45N3O4/c1-7-9-10-19(8-2)15-25-20(27)24-14-17(3)13-22(5,6)11-12-23-21(28)29-16-18(4)26/h17-19,26H,7-16H2,1-6H3,(H,23,28)(H2,24,25,27). The largest absolute Gasteiger partial charge is 0.447 e. The number of carbonyl (C=O) groups excluding carboxylic acids is 2. The van der Waals surface area contributed by atoms with Gasteiger partial charge in [0.15, 0.2) is 0 Å². The molecule has 0 aliphatic rings. The van der Waals surface area contributed by atoms with E-state index in [-0.39, 0.29) is 18.1 Å². The average molecular weight is 416 g/mol. The second kappa shape index (κ2) is 15.4. The molecule has 7 heteroatoms. The van der Waals surface area contributed by atoms with Crippen LogP contribution in [0.2, 0.25) is 0 Å². The summed E-state index contributed by atoms with van der Waals surface area (Å²) in [6, 6.07) is -0.0906. The normalized spacial score (nSPS) is 14.6. The summed E-state index contributed by atoms with van der Waals surface area (Å²) in [7, 11) is 0. The number of urea groups is 1. The maximum atomic E-state index is 12.1. The number of hydrogen-bond donors (Lipinski definition) is 4. The third-order valence-corrected chi connectivity index (χ3v) is 5.13. The molecule has 0 aliphatic heterocycles. The van der Waals surface area contributed by atoms with Crippen molar-refractivity contribution >= 4 is 12.1 Å². The number of ether oxygens (including phenoxy) is 1. The average Bonchev–Trinajstić information content (AvgIpc) is 2.64. The number of alkyl carbamates (subject to hydrolysis) is 1. The monoisotopic (exact) mass is 415 g/mol. The first-order valence-corrected chi connectivity index (χ1v) is 11.2. The first-order valence-electron chi connectivity index (χ1n) is 11.2. The molecule has 0 radical (unpaired) electrons. The molecule has 7 nitrogen and oxygen atoms in total. The van der Waals surface area contributed by atoms with E-state index in [1.807, 2.05) is 0 Å². The molecule has 0 spiro atoms. The molecule has 4 N–H and O–H groups in total. The van der Waals surface area contributed by atoms with Gasteiger partial charge in [0.1, 0.15) is 6.61 Å². The lowest BCUT2D eigenvalue weighted by atomic mass is 9.80. The van der Waals surface area contributed by atoms with Crippen LogP contribution in [0.4, 0.5) is 9.59 Å². The van der Waals surface area contributed by atoms with Gasteiger partial charge in [-0.05, 0) is 43.4 Å². The molecule has 0 saturated carbocycles. The van der Waals surface area contributed by atoms with Gasteiger partial charge in [0, 0.05) is 19.6 Å². The second-order valence-electron chi connectivity index (χ2n) is 9.11. The van der Waals surface area contributed by atoms with E-state index in [9.17, 15) is 9.59 Å². The molecule has 0 aromatic rings. The fraction of sp³-hybridized carbons (Fsp3) is 0.909. The molecule has 0 heterocycles. The van der Waals surface area contributed by atoms with E-state index < -0.39 is 12.2 Å². The highest BCUT2D eigenvalue weighted by molar-refractivity contribution is 5.73. The molecule has 0 saturated heterocycles. The van der Waals surface area contributed by atoms with Gasteiger partial charge in [0.05, 0.1) is 6.10 Å². The summed E-state index contributed by atoms with van der Waals surface area (Å²) < 4.78 is 4.88. The Labute approximate surface area is 177 Å². The Balaban J connectivity index is 4.04. The van der Waals surface area contributed by atoms with Gasteiger partial charge in [-0.1, -0.05) is 53.9 Å². The van der Waals surface area contributed by atoms with Crippen molar-refractivity contribution in [1.82, 2.24) is 16.0 Å². The Morgan fingerprint density at radius 3 is 2.31 bits per heavy atom. The minimum Gasteiger partial charge on any atom is -0.447 e. The Bertz CT molecular complexity index is 455. The minimum atomic E-state index is -0.660. The van der Waals surface area contributed by atoms with Crippen LogP contribution in [0.3, 0.4) is 0 Å². The third-order valence-electron chi connectivity index (χ3n) is 5.13. The minimum absolute atomic E-state index is 0.00238. The van der Waals surface area contributed by atoms with Crippen LogP contribution < -0.4 is 16.0 Å². The fourth-order valence-electron chi connectivity index (χ4n) is 3.38. The summed E-state index contributed by atoms with van der Waals surface area (Å²) in [5.74, 6) is 0.886. The van der Waals surface area contributed by atoms with Gasteiger partial charge in [-0.15, -0.1) is 0 Å². The highest BCUT2D eigenvalue weighted by Crippen LogP contribution is 2.28. The van der Waals surface area contributed by atoms with Crippen LogP contribution >= 0.6 is 0 Å². The number of unbranched alkanes of at least 4 members (excludes halogenated alkanes) is 1. The highest BCUT2D eigenvalue weighted by Gasteiger charge is 2.22. The molecule has 0 aromatic heterocycles. The third kappa shape index (κ3) is 16.0. The lowest BCUT2D eigenvalue weighted by Gasteiger charge is -2.28. The first kappa shape index (κ1) is 27.5. The summed E-state index contributed by atoms with van der Waals surface area (Å²) in [6.07, 6.45) is 5.23. The van der Waals surface area contributed by atoms with Gasteiger partial charge in [-0.3, -0.25) is 0 Å². The highest BCUT2D eigenvalue weighted by atomic mass is 16.6. The van der Waals surface area contributed by atoms with Gasteiger partial charge in [-0.2, -0.15) is 0 Å². The van der Waals surface area contributed by atoms with Gasteiger partial charge >= 0.3 is 12.1 Å². The first-order chi connectivity index (χ1) is 13.6. The summed E-state index contributed by atoms with van der Waals surface area (Å²) in [4.78, 5) is 23.6. The zero-order valence-corrected chi connectivity index (χ0v) is 19.5. The van der Waals surface area contributed by atoms with Crippen molar-refractivity contribution in [2.75, 3.05) is 26.2 Å². The van der Waals surface area contributed by atoms with Crippen LogP contribution in [0, 0.1) is 17.3 Å². The van der Waals surface area contributed by atoms with E-state index in [1.165, 1.54) is 19.3 Å². The summed E-state index contributed by atoms with van der Waals surface area (Å²) in [5, 5.41) is 17.8. The molecule has 3 amide bonds. The van der Waals surface area contributed by atoms with Crippen LogP contribution in [0.25, 0.3) is 0 Å². The lowest BCUT2D eigenvalue weighted by molar-refractivity contribution is 0.0774. The maximum absolute atomic E-state index is 12.1. The van der Waals surface area contributed by atoms with E-state index in [2.05, 4.69) is 50.6 Å². The second-order valence-corrected chi connectivity index (χ2v) is 9.11. The summed E-state index contributed by atoms with van der Waals surface area (Å²) in [5.41, 5.74) is 0.0303. The molecule has 0 fully saturated rings. The molecule has 0 bridgehead atoms. The van der Waals surface area contributed by atoms with E-state index in [0.29, 0.717) is 24.9 Å². The Hall–Kier alpha value is -1.50. The predicted octanol–water partition coefficient (Wildman–Crippen LogP) is 4.05. The zero-order chi connectivity index (χ0) is 22.3. The van der Waals surface area contributed by atoms with E-state index in [0.717, 1.165) is 25.8 Å². The van der Waals surface area contributed by atoms with Crippen LogP contribution in [0.5, 0.6) is 0 Å². The maximum Gasteiger partial charge on any atom is 0.407 e. The number of carbonyl (C=O) groups is 2. The van der Waals surface area contributed by atoms with Crippen molar-refractivity contribution in [1.29, 1.82) is 0 Å². The van der Waals surface area contributed by atoms with Crippen molar-refractivity contribution in [2.45, 2.75) is 86.2 Å². The van der Waals surface area contributed by atoms with Crippen LogP contribution in [0.15, 0.2) is 0 Å².